The van der Waals surface area contributed by atoms with Crippen LogP contribution in [0.1, 0.15) is 13.3 Å². The molecule has 0 aromatic heterocycles. The van der Waals surface area contributed by atoms with E-state index in [9.17, 15) is 4.79 Å². The Morgan fingerprint density at radius 1 is 1.86 bits per heavy atom. The second kappa shape index (κ2) is 1.19. The molecule has 0 spiro atoms. The van der Waals surface area contributed by atoms with Crippen molar-refractivity contribution >= 4 is 6.29 Å². The van der Waals surface area contributed by atoms with Crippen molar-refractivity contribution in [2.45, 2.75) is 13.3 Å². The van der Waals surface area contributed by atoms with Crippen LogP contribution in [-0.2, 0) is 4.79 Å². The predicted molar refractivity (Wildman–Crippen MR) is 27.9 cm³/mol. The van der Waals surface area contributed by atoms with Gasteiger partial charge in [0, 0.05) is 5.41 Å². The number of carbonyl (C=O) groups is 1. The van der Waals surface area contributed by atoms with E-state index in [1.807, 2.05) is 19.1 Å². The van der Waals surface area contributed by atoms with Gasteiger partial charge in [-0.1, -0.05) is 12.2 Å². The molecule has 0 heterocycles. The quantitative estimate of drug-likeness (QED) is 0.353. The Bertz CT molecular complexity index is 115. The molecule has 7 heavy (non-hydrogen) atoms. The SMILES string of the molecule is CC1(C=O)C=CC1. The molecule has 0 N–H and O–H groups in total. The van der Waals surface area contributed by atoms with Crippen molar-refractivity contribution in [1.82, 2.24) is 0 Å². The second-order valence-electron chi connectivity index (χ2n) is 2.23. The molecule has 0 radical (unpaired) electrons. The molecule has 0 aromatic carbocycles. The molecule has 0 aromatic rings. The maximum atomic E-state index is 10.1. The van der Waals surface area contributed by atoms with Crippen LogP contribution in [0.25, 0.3) is 0 Å². The summed E-state index contributed by atoms with van der Waals surface area (Å²) in [6.07, 6.45) is 5.86. The van der Waals surface area contributed by atoms with Crippen molar-refractivity contribution < 1.29 is 4.79 Å². The minimum atomic E-state index is -0.0972. The highest BCUT2D eigenvalue weighted by molar-refractivity contribution is 5.64. The van der Waals surface area contributed by atoms with Crippen LogP contribution in [0, 0.1) is 5.41 Å². The maximum Gasteiger partial charge on any atom is 0.129 e. The summed E-state index contributed by atoms with van der Waals surface area (Å²) in [5.41, 5.74) is -0.0972. The summed E-state index contributed by atoms with van der Waals surface area (Å²) in [7, 11) is 0. The van der Waals surface area contributed by atoms with Gasteiger partial charge in [-0.15, -0.1) is 0 Å². The smallest absolute Gasteiger partial charge is 0.129 e. The van der Waals surface area contributed by atoms with Crippen LogP contribution >= 0.6 is 0 Å². The van der Waals surface area contributed by atoms with Crippen molar-refractivity contribution in [1.29, 1.82) is 0 Å². The van der Waals surface area contributed by atoms with Crippen molar-refractivity contribution in [2.24, 2.45) is 5.41 Å². The largest absolute Gasteiger partial charge is 0.302 e. The topological polar surface area (TPSA) is 17.1 Å². The van der Waals surface area contributed by atoms with Gasteiger partial charge in [-0.25, -0.2) is 0 Å². The molecule has 1 unspecified atom stereocenters. The molecule has 0 saturated carbocycles. The van der Waals surface area contributed by atoms with Gasteiger partial charge in [0.05, 0.1) is 0 Å². The van der Waals surface area contributed by atoms with E-state index in [4.69, 9.17) is 0 Å². The number of rotatable bonds is 1. The van der Waals surface area contributed by atoms with Crippen LogP contribution in [-0.4, -0.2) is 6.29 Å². The lowest BCUT2D eigenvalue weighted by molar-refractivity contribution is -0.113. The molecular formula is C6H8O. The lowest BCUT2D eigenvalue weighted by Gasteiger charge is -2.23. The highest BCUT2D eigenvalue weighted by Gasteiger charge is 2.23. The Labute approximate surface area is 43.0 Å². The molecule has 0 bridgehead atoms. The van der Waals surface area contributed by atoms with Gasteiger partial charge in [0.2, 0.25) is 0 Å². The van der Waals surface area contributed by atoms with Gasteiger partial charge in [-0.05, 0) is 13.3 Å². The molecule has 1 aliphatic rings. The number of aldehydes is 1. The molecule has 1 nitrogen and oxygen atoms in total. The van der Waals surface area contributed by atoms with Gasteiger partial charge >= 0.3 is 0 Å². The second-order valence-corrected chi connectivity index (χ2v) is 2.23. The molecule has 1 aliphatic carbocycles. The van der Waals surface area contributed by atoms with Crippen LogP contribution in [0.4, 0.5) is 0 Å². The Balaban J connectivity index is 2.64. The summed E-state index contributed by atoms with van der Waals surface area (Å²) in [5.74, 6) is 0. The lowest BCUT2D eigenvalue weighted by Crippen LogP contribution is -2.19. The summed E-state index contributed by atoms with van der Waals surface area (Å²) >= 11 is 0. The average Bonchev–Trinajstić information content (AvgIpc) is 1.61. The lowest BCUT2D eigenvalue weighted by atomic mass is 9.80. The van der Waals surface area contributed by atoms with E-state index in [1.54, 1.807) is 0 Å². The van der Waals surface area contributed by atoms with E-state index in [1.165, 1.54) is 0 Å². The zero-order valence-corrected chi connectivity index (χ0v) is 4.35. The maximum absolute atomic E-state index is 10.1. The first-order valence-corrected chi connectivity index (χ1v) is 2.41. The zero-order chi connectivity index (χ0) is 5.33. The van der Waals surface area contributed by atoms with Gasteiger partial charge in [0.15, 0.2) is 0 Å². The van der Waals surface area contributed by atoms with Crippen LogP contribution in [0.15, 0.2) is 12.2 Å². The fraction of sp³-hybridized carbons (Fsp3) is 0.500. The summed E-state index contributed by atoms with van der Waals surface area (Å²) in [6.45, 7) is 1.93. The average molecular weight is 96.1 g/mol. The van der Waals surface area contributed by atoms with Gasteiger partial charge in [-0.3, -0.25) is 0 Å². The molecule has 1 rings (SSSR count). The Hall–Kier alpha value is -0.590. The number of hydrogen-bond acceptors (Lipinski definition) is 1. The van der Waals surface area contributed by atoms with Gasteiger partial charge in [-0.2, -0.15) is 0 Å². The first-order chi connectivity index (χ1) is 3.27. The van der Waals surface area contributed by atoms with E-state index in [0.717, 1.165) is 12.7 Å². The third kappa shape index (κ3) is 0.581. The molecule has 1 heteroatoms. The normalized spacial score (nSPS) is 37.3. The van der Waals surface area contributed by atoms with E-state index in [-0.39, 0.29) is 5.41 Å². The molecule has 1 atom stereocenters. The minimum absolute atomic E-state index is 0.0972. The van der Waals surface area contributed by atoms with Gasteiger partial charge < -0.3 is 4.79 Å². The van der Waals surface area contributed by atoms with Crippen molar-refractivity contribution in [2.75, 3.05) is 0 Å². The van der Waals surface area contributed by atoms with Crippen LogP contribution in [0.5, 0.6) is 0 Å². The van der Waals surface area contributed by atoms with Gasteiger partial charge in [0.25, 0.3) is 0 Å². The first kappa shape index (κ1) is 4.57. The van der Waals surface area contributed by atoms with E-state index in [2.05, 4.69) is 0 Å². The summed E-state index contributed by atoms with van der Waals surface area (Å²) in [5, 5.41) is 0. The third-order valence-electron chi connectivity index (χ3n) is 1.33. The number of hydrogen-bond donors (Lipinski definition) is 0. The predicted octanol–water partition coefficient (Wildman–Crippen LogP) is 1.15. The van der Waals surface area contributed by atoms with E-state index >= 15 is 0 Å². The van der Waals surface area contributed by atoms with Crippen molar-refractivity contribution in [3.63, 3.8) is 0 Å². The number of carbonyl (C=O) groups excluding carboxylic acids is 1. The van der Waals surface area contributed by atoms with Crippen LogP contribution < -0.4 is 0 Å². The van der Waals surface area contributed by atoms with E-state index in [0.29, 0.717) is 0 Å². The Morgan fingerprint density at radius 2 is 2.43 bits per heavy atom. The molecule has 0 aliphatic heterocycles. The summed E-state index contributed by atoms with van der Waals surface area (Å²) < 4.78 is 0. The van der Waals surface area contributed by atoms with E-state index < -0.39 is 0 Å². The van der Waals surface area contributed by atoms with Crippen molar-refractivity contribution in [3.05, 3.63) is 12.2 Å². The third-order valence-corrected chi connectivity index (χ3v) is 1.33. The summed E-state index contributed by atoms with van der Waals surface area (Å²) in [4.78, 5) is 10.1. The highest BCUT2D eigenvalue weighted by Crippen LogP contribution is 2.28. The first-order valence-electron chi connectivity index (χ1n) is 2.41. The number of allylic oxidation sites excluding steroid dienone is 2. The minimum Gasteiger partial charge on any atom is -0.302 e. The molecule has 38 valence electrons. The summed E-state index contributed by atoms with van der Waals surface area (Å²) in [6, 6.07) is 0. The van der Waals surface area contributed by atoms with Gasteiger partial charge in [0.1, 0.15) is 6.29 Å². The fourth-order valence-corrected chi connectivity index (χ4v) is 0.577. The zero-order valence-electron chi connectivity index (χ0n) is 4.35. The van der Waals surface area contributed by atoms with Crippen molar-refractivity contribution in [3.8, 4) is 0 Å². The highest BCUT2D eigenvalue weighted by atomic mass is 16.1. The molecular weight excluding hydrogens is 88.1 g/mol. The molecule has 0 saturated heterocycles. The fourth-order valence-electron chi connectivity index (χ4n) is 0.577. The van der Waals surface area contributed by atoms with Crippen LogP contribution in [0.2, 0.25) is 0 Å². The Morgan fingerprint density at radius 3 is 2.43 bits per heavy atom. The monoisotopic (exact) mass is 96.1 g/mol. The molecule has 0 fully saturated rings. The van der Waals surface area contributed by atoms with Crippen LogP contribution in [0.3, 0.4) is 0 Å². The standard InChI is InChI=1S/C6H8O/c1-6(5-7)3-2-4-6/h2-3,5H,4H2,1H3. The molecule has 0 amide bonds. The Kier molecular flexibility index (Phi) is 0.775.